The first-order valence-corrected chi connectivity index (χ1v) is 11.5. The van der Waals surface area contributed by atoms with Crippen molar-refractivity contribution in [3.63, 3.8) is 0 Å². The first-order chi connectivity index (χ1) is 16.5. The Morgan fingerprint density at radius 2 is 1.85 bits per heavy atom. The summed E-state index contributed by atoms with van der Waals surface area (Å²) in [5.41, 5.74) is 1.01. The van der Waals surface area contributed by atoms with Gasteiger partial charge in [0.15, 0.2) is 0 Å². The van der Waals surface area contributed by atoms with Gasteiger partial charge in [-0.15, -0.1) is 0 Å². The molecule has 6 nitrogen and oxygen atoms in total. The molecule has 1 unspecified atom stereocenters. The van der Waals surface area contributed by atoms with Crippen LogP contribution in [-0.2, 0) is 14.3 Å². The Balaban J connectivity index is 1.93. The second-order valence-corrected chi connectivity index (χ2v) is 8.39. The van der Waals surface area contributed by atoms with E-state index in [2.05, 4.69) is 0 Å². The van der Waals surface area contributed by atoms with E-state index in [0.29, 0.717) is 31.9 Å². The average molecular weight is 480 g/mol. The predicted molar refractivity (Wildman–Crippen MR) is 132 cm³/mol. The van der Waals surface area contributed by atoms with E-state index < -0.39 is 17.7 Å². The molecule has 34 heavy (non-hydrogen) atoms. The SMILES string of the molecule is CCOc1ccc(Cl)c(/C(O)=C2\C(=O)C(=O)N(CCCOC)C2c2cccc3ccccc23)c1. The second kappa shape index (κ2) is 10.3. The Hall–Kier alpha value is -3.35. The molecule has 0 aliphatic carbocycles. The number of aliphatic hydroxyl groups is 1. The van der Waals surface area contributed by atoms with Crippen molar-refractivity contribution in [2.75, 3.05) is 26.9 Å². The number of Topliss-reactive ketones (excluding diaryl/α,β-unsaturated/α-hetero) is 1. The Morgan fingerprint density at radius 1 is 1.09 bits per heavy atom. The van der Waals surface area contributed by atoms with Crippen LogP contribution in [0, 0.1) is 0 Å². The Labute approximate surface area is 203 Å². The van der Waals surface area contributed by atoms with Gasteiger partial charge >= 0.3 is 0 Å². The molecule has 7 heteroatoms. The Bertz CT molecular complexity index is 1260. The zero-order valence-corrected chi connectivity index (χ0v) is 19.8. The number of aliphatic hydroxyl groups excluding tert-OH is 1. The minimum absolute atomic E-state index is 0.00863. The Morgan fingerprint density at radius 3 is 2.62 bits per heavy atom. The van der Waals surface area contributed by atoms with E-state index in [1.54, 1.807) is 25.3 Å². The van der Waals surface area contributed by atoms with Gasteiger partial charge < -0.3 is 19.5 Å². The second-order valence-electron chi connectivity index (χ2n) is 7.98. The van der Waals surface area contributed by atoms with Gasteiger partial charge in [-0.25, -0.2) is 0 Å². The number of rotatable bonds is 8. The highest BCUT2D eigenvalue weighted by molar-refractivity contribution is 6.47. The van der Waals surface area contributed by atoms with E-state index >= 15 is 0 Å². The van der Waals surface area contributed by atoms with E-state index in [1.807, 2.05) is 49.4 Å². The number of benzene rings is 3. The summed E-state index contributed by atoms with van der Waals surface area (Å²) in [5.74, 6) is -1.22. The van der Waals surface area contributed by atoms with Crippen LogP contribution in [0.25, 0.3) is 16.5 Å². The number of carbonyl (C=O) groups is 2. The largest absolute Gasteiger partial charge is 0.507 e. The highest BCUT2D eigenvalue weighted by atomic mass is 35.5. The number of nitrogens with zero attached hydrogens (tertiary/aromatic N) is 1. The maximum atomic E-state index is 13.3. The van der Waals surface area contributed by atoms with Crippen LogP contribution >= 0.6 is 11.6 Å². The zero-order chi connectivity index (χ0) is 24.2. The van der Waals surface area contributed by atoms with Crippen molar-refractivity contribution in [1.82, 2.24) is 4.90 Å². The van der Waals surface area contributed by atoms with Crippen LogP contribution in [0.15, 0.2) is 66.2 Å². The average Bonchev–Trinajstić information content (AvgIpc) is 3.09. The van der Waals surface area contributed by atoms with Crippen molar-refractivity contribution in [2.24, 2.45) is 0 Å². The quantitative estimate of drug-likeness (QED) is 0.204. The molecule has 0 bridgehead atoms. The number of likely N-dealkylation sites (tertiary alicyclic amines) is 1. The fourth-order valence-corrected chi connectivity index (χ4v) is 4.60. The molecule has 4 rings (SSSR count). The molecular formula is C27H26ClNO5. The molecule has 1 N–H and O–H groups in total. The van der Waals surface area contributed by atoms with Crippen LogP contribution in [0.3, 0.4) is 0 Å². The molecule has 3 aromatic rings. The third-order valence-corrected chi connectivity index (χ3v) is 6.24. The summed E-state index contributed by atoms with van der Waals surface area (Å²) in [5, 5.41) is 13.5. The number of methoxy groups -OCH3 is 1. The third-order valence-electron chi connectivity index (χ3n) is 5.91. The summed E-state index contributed by atoms with van der Waals surface area (Å²) in [6.07, 6.45) is 0.547. The molecule has 1 heterocycles. The van der Waals surface area contributed by atoms with E-state index in [-0.39, 0.29) is 21.9 Å². The van der Waals surface area contributed by atoms with Crippen molar-refractivity contribution in [3.05, 3.63) is 82.4 Å². The molecule has 1 amide bonds. The van der Waals surface area contributed by atoms with Gasteiger partial charge in [-0.3, -0.25) is 9.59 Å². The summed E-state index contributed by atoms with van der Waals surface area (Å²) in [7, 11) is 1.59. The van der Waals surface area contributed by atoms with Crippen LogP contribution in [0.4, 0.5) is 0 Å². The maximum absolute atomic E-state index is 13.3. The van der Waals surface area contributed by atoms with Gasteiger partial charge in [0.2, 0.25) is 0 Å². The van der Waals surface area contributed by atoms with Crippen molar-refractivity contribution in [1.29, 1.82) is 0 Å². The lowest BCUT2D eigenvalue weighted by molar-refractivity contribution is -0.140. The van der Waals surface area contributed by atoms with Crippen molar-refractivity contribution < 1.29 is 24.2 Å². The van der Waals surface area contributed by atoms with Crippen LogP contribution in [0.2, 0.25) is 5.02 Å². The number of amides is 1. The highest BCUT2D eigenvalue weighted by Gasteiger charge is 2.46. The first kappa shape index (κ1) is 23.8. The summed E-state index contributed by atoms with van der Waals surface area (Å²) in [6.45, 7) is 3.02. The van der Waals surface area contributed by atoms with Crippen LogP contribution in [0.5, 0.6) is 5.75 Å². The lowest BCUT2D eigenvalue weighted by atomic mass is 9.91. The van der Waals surface area contributed by atoms with Crippen LogP contribution in [-0.4, -0.2) is 48.6 Å². The molecule has 3 aromatic carbocycles. The number of halogens is 1. The lowest BCUT2D eigenvalue weighted by Gasteiger charge is -2.26. The molecule has 1 fully saturated rings. The minimum atomic E-state index is -0.769. The Kier molecular flexibility index (Phi) is 7.20. The zero-order valence-electron chi connectivity index (χ0n) is 19.1. The molecule has 1 aliphatic rings. The molecule has 0 radical (unpaired) electrons. The molecule has 1 saturated heterocycles. The maximum Gasteiger partial charge on any atom is 0.295 e. The molecule has 1 atom stereocenters. The van der Waals surface area contributed by atoms with E-state index in [9.17, 15) is 14.7 Å². The van der Waals surface area contributed by atoms with Gasteiger partial charge in [0.25, 0.3) is 11.7 Å². The first-order valence-electron chi connectivity index (χ1n) is 11.2. The number of hydrogen-bond donors (Lipinski definition) is 1. The minimum Gasteiger partial charge on any atom is -0.507 e. The third kappa shape index (κ3) is 4.39. The van der Waals surface area contributed by atoms with Crippen LogP contribution < -0.4 is 4.74 Å². The van der Waals surface area contributed by atoms with E-state index in [0.717, 1.165) is 16.3 Å². The number of ether oxygens (including phenoxy) is 2. The molecular weight excluding hydrogens is 454 g/mol. The standard InChI is InChI=1S/C27H26ClNO5/c1-3-34-18-12-13-22(28)21(16-18)25(30)23-24(29(14-7-15-33-2)27(32)26(23)31)20-11-6-9-17-8-4-5-10-19(17)20/h4-6,8-13,16,24,30H,3,7,14-15H2,1-2H3/b25-23+. The number of fused-ring (bicyclic) bond motifs is 1. The van der Waals surface area contributed by atoms with E-state index in [1.165, 1.54) is 4.90 Å². The van der Waals surface area contributed by atoms with Crippen LogP contribution in [0.1, 0.15) is 30.5 Å². The van der Waals surface area contributed by atoms with Gasteiger partial charge in [-0.2, -0.15) is 0 Å². The van der Waals surface area contributed by atoms with Gasteiger partial charge in [-0.1, -0.05) is 54.1 Å². The molecule has 1 aliphatic heterocycles. The lowest BCUT2D eigenvalue weighted by Crippen LogP contribution is -2.31. The monoisotopic (exact) mass is 479 g/mol. The number of hydrogen-bond acceptors (Lipinski definition) is 5. The molecule has 0 aromatic heterocycles. The molecule has 0 saturated carbocycles. The fraction of sp³-hybridized carbons (Fsp3) is 0.259. The summed E-state index contributed by atoms with van der Waals surface area (Å²) < 4.78 is 10.7. The number of carbonyl (C=O) groups excluding carboxylic acids is 2. The predicted octanol–water partition coefficient (Wildman–Crippen LogP) is 5.35. The van der Waals surface area contributed by atoms with Gasteiger partial charge in [0.1, 0.15) is 11.5 Å². The van der Waals surface area contributed by atoms with Gasteiger partial charge in [0, 0.05) is 25.8 Å². The highest BCUT2D eigenvalue weighted by Crippen LogP contribution is 2.43. The summed E-state index contributed by atoms with van der Waals surface area (Å²) >= 11 is 6.41. The fourth-order valence-electron chi connectivity index (χ4n) is 4.39. The summed E-state index contributed by atoms with van der Waals surface area (Å²) in [4.78, 5) is 28.0. The topological polar surface area (TPSA) is 76.1 Å². The normalized spacial score (nSPS) is 17.5. The summed E-state index contributed by atoms with van der Waals surface area (Å²) in [6, 6.07) is 17.6. The van der Waals surface area contributed by atoms with Gasteiger partial charge in [0.05, 0.1) is 23.2 Å². The molecule has 176 valence electrons. The van der Waals surface area contributed by atoms with Crippen molar-refractivity contribution in [3.8, 4) is 5.75 Å². The smallest absolute Gasteiger partial charge is 0.295 e. The number of ketones is 1. The van der Waals surface area contributed by atoms with Crippen molar-refractivity contribution >= 4 is 39.8 Å². The van der Waals surface area contributed by atoms with Gasteiger partial charge in [-0.05, 0) is 47.9 Å². The molecule has 0 spiro atoms. The van der Waals surface area contributed by atoms with E-state index in [4.69, 9.17) is 21.1 Å². The van der Waals surface area contributed by atoms with Crippen molar-refractivity contribution in [2.45, 2.75) is 19.4 Å².